The molecule has 0 saturated carbocycles. The van der Waals surface area contributed by atoms with E-state index < -0.39 is 9.85 Å². The number of ketones is 2. The molecule has 0 aliphatic heterocycles. The average Bonchev–Trinajstić information content (AvgIpc) is 2.81. The average molecular weight is 428 g/mol. The van der Waals surface area contributed by atoms with Crippen LogP contribution in [0.2, 0.25) is 0 Å². The van der Waals surface area contributed by atoms with Crippen LogP contribution in [0.1, 0.15) is 31.8 Å². The third-order valence-corrected chi connectivity index (χ3v) is 4.49. The van der Waals surface area contributed by atoms with Crippen LogP contribution in [0.15, 0.2) is 84.9 Å². The Hall–Kier alpha value is -4.72. The Morgan fingerprint density at radius 2 is 1.00 bits per heavy atom. The lowest BCUT2D eigenvalue weighted by atomic mass is 10.1. The van der Waals surface area contributed by atoms with E-state index in [1.165, 1.54) is 60.7 Å². The zero-order valence-electron chi connectivity index (χ0n) is 16.6. The lowest BCUT2D eigenvalue weighted by molar-refractivity contribution is -0.385. The molecule has 0 amide bonds. The molecule has 158 valence electrons. The van der Waals surface area contributed by atoms with Crippen molar-refractivity contribution >= 4 is 35.1 Å². The number of carbonyl (C=O) groups is 2. The smallest absolute Gasteiger partial charge is 0.269 e. The summed E-state index contributed by atoms with van der Waals surface area (Å²) in [6.07, 6.45) is 5.95. The molecule has 0 unspecified atom stereocenters. The molecule has 0 fully saturated rings. The fraction of sp³-hybridized carbons (Fsp3) is 0. The maximum absolute atomic E-state index is 12.3. The van der Waals surface area contributed by atoms with Crippen LogP contribution >= 0.6 is 0 Å². The molecule has 3 aromatic carbocycles. The number of benzene rings is 3. The summed E-state index contributed by atoms with van der Waals surface area (Å²) in [7, 11) is 0. The van der Waals surface area contributed by atoms with Crippen molar-refractivity contribution in [2.24, 2.45) is 0 Å². The third kappa shape index (κ3) is 5.67. The molecule has 0 spiro atoms. The molecule has 0 atom stereocenters. The summed E-state index contributed by atoms with van der Waals surface area (Å²) in [4.78, 5) is 44.9. The van der Waals surface area contributed by atoms with Crippen molar-refractivity contribution in [3.63, 3.8) is 0 Å². The molecule has 8 nitrogen and oxygen atoms in total. The Balaban J connectivity index is 1.67. The van der Waals surface area contributed by atoms with Gasteiger partial charge in [0.1, 0.15) is 0 Å². The van der Waals surface area contributed by atoms with Crippen LogP contribution in [-0.4, -0.2) is 21.4 Å². The minimum atomic E-state index is -0.532. The molecule has 3 aromatic rings. The van der Waals surface area contributed by atoms with E-state index in [0.717, 1.165) is 11.1 Å². The summed E-state index contributed by atoms with van der Waals surface area (Å²) in [6, 6.07) is 17.8. The van der Waals surface area contributed by atoms with E-state index in [2.05, 4.69) is 0 Å². The van der Waals surface area contributed by atoms with E-state index in [0.29, 0.717) is 11.1 Å². The lowest BCUT2D eigenvalue weighted by Crippen LogP contribution is -1.95. The number of nitro benzene ring substituents is 2. The molecule has 3 rings (SSSR count). The largest absolute Gasteiger partial charge is 0.289 e. The Morgan fingerprint density at radius 3 is 1.34 bits per heavy atom. The second-order valence-corrected chi connectivity index (χ2v) is 6.67. The lowest BCUT2D eigenvalue weighted by Gasteiger charge is -1.99. The molecule has 0 N–H and O–H groups in total. The standard InChI is InChI=1S/C24H16N2O6/c27-23(19-6-10-21(11-7-19)25(29)30)14-4-17-2-1-3-18(16-17)5-15-24(28)20-8-12-22(13-9-20)26(31)32/h1-16H. The van der Waals surface area contributed by atoms with Crippen molar-refractivity contribution in [3.8, 4) is 0 Å². The highest BCUT2D eigenvalue weighted by Gasteiger charge is 2.08. The first-order valence-electron chi connectivity index (χ1n) is 9.37. The van der Waals surface area contributed by atoms with E-state index >= 15 is 0 Å². The van der Waals surface area contributed by atoms with Gasteiger partial charge in [0.05, 0.1) is 9.85 Å². The molecular formula is C24H16N2O6. The van der Waals surface area contributed by atoms with Crippen molar-refractivity contribution in [2.75, 3.05) is 0 Å². The minimum Gasteiger partial charge on any atom is -0.289 e. The zero-order chi connectivity index (χ0) is 23.1. The molecule has 8 heteroatoms. The monoisotopic (exact) mass is 428 g/mol. The van der Waals surface area contributed by atoms with Crippen LogP contribution in [0.4, 0.5) is 11.4 Å². The summed E-state index contributed by atoms with van der Waals surface area (Å²) in [6.45, 7) is 0. The normalized spacial score (nSPS) is 11.0. The van der Waals surface area contributed by atoms with Gasteiger partial charge in [-0.15, -0.1) is 0 Å². The number of hydrogen-bond acceptors (Lipinski definition) is 6. The molecule has 0 bridgehead atoms. The minimum absolute atomic E-state index is 0.0895. The highest BCUT2D eigenvalue weighted by molar-refractivity contribution is 6.07. The van der Waals surface area contributed by atoms with Crippen LogP contribution < -0.4 is 0 Å². The van der Waals surface area contributed by atoms with Crippen molar-refractivity contribution in [1.82, 2.24) is 0 Å². The van der Waals surface area contributed by atoms with Gasteiger partial charge in [0, 0.05) is 35.4 Å². The van der Waals surface area contributed by atoms with Gasteiger partial charge in [-0.25, -0.2) is 0 Å². The van der Waals surface area contributed by atoms with Gasteiger partial charge in [0.2, 0.25) is 0 Å². The molecule has 0 radical (unpaired) electrons. The Bertz CT molecular complexity index is 1150. The van der Waals surface area contributed by atoms with Crippen molar-refractivity contribution in [3.05, 3.63) is 127 Å². The summed E-state index contributed by atoms with van der Waals surface area (Å²) in [5, 5.41) is 21.4. The van der Waals surface area contributed by atoms with Crippen molar-refractivity contribution in [1.29, 1.82) is 0 Å². The topological polar surface area (TPSA) is 120 Å². The fourth-order valence-corrected chi connectivity index (χ4v) is 2.80. The number of carbonyl (C=O) groups excluding carboxylic acids is 2. The molecule has 0 aliphatic rings. The molecular weight excluding hydrogens is 412 g/mol. The van der Waals surface area contributed by atoms with Gasteiger partial charge >= 0.3 is 0 Å². The predicted octanol–water partition coefficient (Wildman–Crippen LogP) is 5.30. The second-order valence-electron chi connectivity index (χ2n) is 6.67. The molecule has 0 aromatic heterocycles. The third-order valence-electron chi connectivity index (χ3n) is 4.49. The first-order chi connectivity index (χ1) is 15.3. The van der Waals surface area contributed by atoms with E-state index in [9.17, 15) is 29.8 Å². The Morgan fingerprint density at radius 1 is 0.625 bits per heavy atom. The molecule has 0 aliphatic carbocycles. The Labute approximate surface area is 182 Å². The van der Waals surface area contributed by atoms with Crippen LogP contribution in [0, 0.1) is 20.2 Å². The number of hydrogen-bond donors (Lipinski definition) is 0. The predicted molar refractivity (Wildman–Crippen MR) is 119 cm³/mol. The van der Waals surface area contributed by atoms with E-state index in [-0.39, 0.29) is 22.9 Å². The Kier molecular flexibility index (Phi) is 6.77. The first kappa shape index (κ1) is 22.0. The highest BCUT2D eigenvalue weighted by Crippen LogP contribution is 2.15. The highest BCUT2D eigenvalue weighted by atomic mass is 16.6. The fourth-order valence-electron chi connectivity index (χ4n) is 2.80. The van der Waals surface area contributed by atoms with Gasteiger partial charge in [0.25, 0.3) is 11.4 Å². The number of allylic oxidation sites excluding steroid dienone is 2. The van der Waals surface area contributed by atoms with Gasteiger partial charge in [-0.3, -0.25) is 29.8 Å². The summed E-state index contributed by atoms with van der Waals surface area (Å²) < 4.78 is 0. The van der Waals surface area contributed by atoms with Crippen LogP contribution in [0.25, 0.3) is 12.2 Å². The summed E-state index contributed by atoms with van der Waals surface area (Å²) in [5.74, 6) is -0.594. The van der Waals surface area contributed by atoms with Crippen LogP contribution in [-0.2, 0) is 0 Å². The summed E-state index contributed by atoms with van der Waals surface area (Å²) in [5.41, 5.74) is 1.94. The van der Waals surface area contributed by atoms with Gasteiger partial charge in [-0.05, 0) is 53.6 Å². The number of nitrogens with zero attached hydrogens (tertiary/aromatic N) is 2. The van der Waals surface area contributed by atoms with E-state index in [1.807, 2.05) is 0 Å². The molecule has 0 saturated heterocycles. The second kappa shape index (κ2) is 9.86. The first-order valence-corrected chi connectivity index (χ1v) is 9.37. The van der Waals surface area contributed by atoms with E-state index in [4.69, 9.17) is 0 Å². The molecule has 32 heavy (non-hydrogen) atoms. The van der Waals surface area contributed by atoms with Crippen molar-refractivity contribution < 1.29 is 19.4 Å². The zero-order valence-corrected chi connectivity index (χ0v) is 16.6. The van der Waals surface area contributed by atoms with Crippen LogP contribution in [0.3, 0.4) is 0 Å². The number of rotatable bonds is 8. The SMILES string of the molecule is O=C(C=Cc1cccc(C=CC(=O)c2ccc([N+](=O)[O-])cc2)c1)c1ccc([N+](=O)[O-])cc1. The molecule has 0 heterocycles. The number of non-ortho nitro benzene ring substituents is 2. The van der Waals surface area contributed by atoms with Gasteiger partial charge < -0.3 is 0 Å². The van der Waals surface area contributed by atoms with Crippen LogP contribution in [0.5, 0.6) is 0 Å². The maximum atomic E-state index is 12.3. The maximum Gasteiger partial charge on any atom is 0.269 e. The van der Waals surface area contributed by atoms with E-state index in [1.54, 1.807) is 36.4 Å². The van der Waals surface area contributed by atoms with Crippen molar-refractivity contribution in [2.45, 2.75) is 0 Å². The van der Waals surface area contributed by atoms with Gasteiger partial charge in [-0.2, -0.15) is 0 Å². The quantitative estimate of drug-likeness (QED) is 0.208. The van der Waals surface area contributed by atoms with Gasteiger partial charge in [0.15, 0.2) is 11.6 Å². The summed E-state index contributed by atoms with van der Waals surface area (Å²) >= 11 is 0. The van der Waals surface area contributed by atoms with Gasteiger partial charge in [-0.1, -0.05) is 30.4 Å². The number of nitro groups is 2.